The molecule has 37 heavy (non-hydrogen) atoms. The molecule has 3 aromatic rings. The van der Waals surface area contributed by atoms with Gasteiger partial charge in [-0.3, -0.25) is 19.8 Å². The zero-order valence-electron chi connectivity index (χ0n) is 19.7. The minimum Gasteiger partial charge on any atom is -0.477 e. The lowest BCUT2D eigenvalue weighted by atomic mass is 9.76. The van der Waals surface area contributed by atoms with Gasteiger partial charge in [0.2, 0.25) is 11.8 Å². The van der Waals surface area contributed by atoms with Crippen molar-refractivity contribution in [2.75, 3.05) is 11.5 Å². The first-order chi connectivity index (χ1) is 17.9. The maximum absolute atomic E-state index is 13.6. The lowest BCUT2D eigenvalue weighted by Crippen LogP contribution is -2.72. The van der Waals surface area contributed by atoms with Crippen LogP contribution in [0.2, 0.25) is 0 Å². The number of fused-ring (bicyclic) bond motifs is 1. The van der Waals surface area contributed by atoms with Gasteiger partial charge in [0.1, 0.15) is 17.1 Å². The van der Waals surface area contributed by atoms with E-state index in [4.69, 9.17) is 5.73 Å². The van der Waals surface area contributed by atoms with Gasteiger partial charge in [-0.15, -0.1) is 23.5 Å². The van der Waals surface area contributed by atoms with Gasteiger partial charge >= 0.3 is 5.97 Å². The van der Waals surface area contributed by atoms with Crippen LogP contribution in [0, 0.1) is 0 Å². The molecule has 0 bridgehead atoms. The second-order valence-electron chi connectivity index (χ2n) is 8.71. The molecule has 188 valence electrons. The van der Waals surface area contributed by atoms with Crippen molar-refractivity contribution in [2.24, 2.45) is 5.73 Å². The quantitative estimate of drug-likeness (QED) is 0.287. The van der Waals surface area contributed by atoms with Gasteiger partial charge in [-0.05, 0) is 16.7 Å². The van der Waals surface area contributed by atoms with Crippen molar-refractivity contribution in [3.8, 4) is 0 Å². The van der Waals surface area contributed by atoms with Crippen molar-refractivity contribution >= 4 is 41.3 Å². The molecule has 2 amide bonds. The molecule has 0 aromatic heterocycles. The standard InChI is InChI=1S/C28H25N3O4S2/c29-22(32)17-36-21-16-37-26-23(25(33)31(26)24(21)27(34)35)30-28(18-10-4-1-5-11-18,19-12-6-2-7-13-19)20-14-8-3-9-15-20/h1-15,23,26,30H,16-17H2,(H2,29,32)(H,34,35)/t23-,26+/m1/s1. The van der Waals surface area contributed by atoms with E-state index in [0.717, 1.165) is 28.5 Å². The number of carbonyl (C=O) groups excluding carboxylic acids is 2. The molecule has 2 aliphatic heterocycles. The average Bonchev–Trinajstić information content (AvgIpc) is 2.93. The summed E-state index contributed by atoms with van der Waals surface area (Å²) in [6, 6.07) is 29.2. The van der Waals surface area contributed by atoms with Gasteiger partial charge in [0.05, 0.1) is 11.3 Å². The second kappa shape index (κ2) is 10.5. The van der Waals surface area contributed by atoms with Crippen LogP contribution >= 0.6 is 23.5 Å². The number of nitrogens with zero attached hydrogens (tertiary/aromatic N) is 1. The van der Waals surface area contributed by atoms with E-state index in [1.165, 1.54) is 16.7 Å². The first-order valence-corrected chi connectivity index (χ1v) is 13.7. The Morgan fingerprint density at radius 3 is 1.86 bits per heavy atom. The van der Waals surface area contributed by atoms with Crippen LogP contribution in [-0.2, 0) is 19.9 Å². The van der Waals surface area contributed by atoms with E-state index < -0.39 is 28.8 Å². The highest BCUT2D eigenvalue weighted by molar-refractivity contribution is 8.06. The lowest BCUT2D eigenvalue weighted by Gasteiger charge is -2.53. The van der Waals surface area contributed by atoms with Gasteiger partial charge < -0.3 is 10.8 Å². The van der Waals surface area contributed by atoms with Crippen molar-refractivity contribution in [3.05, 3.63) is 118 Å². The molecule has 0 radical (unpaired) electrons. The first-order valence-electron chi connectivity index (χ1n) is 11.7. The van der Waals surface area contributed by atoms with Gasteiger partial charge in [-0.25, -0.2) is 4.79 Å². The predicted octanol–water partition coefficient (Wildman–Crippen LogP) is 3.37. The van der Waals surface area contributed by atoms with Crippen molar-refractivity contribution in [3.63, 3.8) is 0 Å². The van der Waals surface area contributed by atoms with Gasteiger partial charge in [-0.2, -0.15) is 0 Å². The molecule has 9 heteroatoms. The number of carbonyl (C=O) groups is 3. The van der Waals surface area contributed by atoms with Gasteiger partial charge in [0, 0.05) is 10.7 Å². The third kappa shape index (κ3) is 4.54. The van der Waals surface area contributed by atoms with Crippen LogP contribution in [0.25, 0.3) is 0 Å². The topological polar surface area (TPSA) is 113 Å². The highest BCUT2D eigenvalue weighted by atomic mass is 32.2. The number of β-lactam (4-membered cyclic amide) rings is 1. The molecular formula is C28H25N3O4S2. The van der Waals surface area contributed by atoms with Gasteiger partial charge in [-0.1, -0.05) is 91.0 Å². The maximum atomic E-state index is 13.6. The van der Waals surface area contributed by atoms with E-state index >= 15 is 0 Å². The molecule has 0 saturated carbocycles. The SMILES string of the molecule is NC(=O)CSC1=C(C(=O)O)N2C(=O)[C@@H](NC(c3ccccc3)(c3ccccc3)c3ccccc3)[C@@H]2SC1. The number of carboxylic acid groups (broad SMARTS) is 1. The van der Waals surface area contributed by atoms with Crippen LogP contribution < -0.4 is 11.1 Å². The Labute approximate surface area is 223 Å². The van der Waals surface area contributed by atoms with Crippen LogP contribution in [0.5, 0.6) is 0 Å². The number of amides is 2. The van der Waals surface area contributed by atoms with Crippen LogP contribution in [0.4, 0.5) is 0 Å². The molecule has 2 atom stereocenters. The number of benzene rings is 3. The number of thioether (sulfide) groups is 2. The Balaban J connectivity index is 1.58. The van der Waals surface area contributed by atoms with Crippen molar-refractivity contribution in [1.29, 1.82) is 0 Å². The Kier molecular flexibility index (Phi) is 7.10. The van der Waals surface area contributed by atoms with E-state index in [1.807, 2.05) is 91.0 Å². The Bertz CT molecular complexity index is 1250. The zero-order valence-corrected chi connectivity index (χ0v) is 21.4. The van der Waals surface area contributed by atoms with Crippen molar-refractivity contribution < 1.29 is 19.5 Å². The molecule has 5 rings (SSSR count). The summed E-state index contributed by atoms with van der Waals surface area (Å²) in [6.07, 6.45) is 0. The summed E-state index contributed by atoms with van der Waals surface area (Å²) in [7, 11) is 0. The first kappa shape index (κ1) is 25.1. The monoisotopic (exact) mass is 531 g/mol. The summed E-state index contributed by atoms with van der Waals surface area (Å²) in [4.78, 5) is 38.9. The summed E-state index contributed by atoms with van der Waals surface area (Å²) >= 11 is 2.56. The molecule has 1 saturated heterocycles. The number of rotatable bonds is 9. The summed E-state index contributed by atoms with van der Waals surface area (Å²) in [5, 5.41) is 13.2. The fraction of sp³-hybridized carbons (Fsp3) is 0.179. The third-order valence-electron chi connectivity index (χ3n) is 6.52. The van der Waals surface area contributed by atoms with Gasteiger partial charge in [0.25, 0.3) is 0 Å². The smallest absolute Gasteiger partial charge is 0.353 e. The maximum Gasteiger partial charge on any atom is 0.353 e. The Morgan fingerprint density at radius 1 is 0.946 bits per heavy atom. The van der Waals surface area contributed by atoms with Crippen LogP contribution in [0.3, 0.4) is 0 Å². The van der Waals surface area contributed by atoms with Crippen molar-refractivity contribution in [1.82, 2.24) is 10.2 Å². The minimum absolute atomic E-state index is 0.0415. The number of hydrogen-bond donors (Lipinski definition) is 3. The van der Waals surface area contributed by atoms with E-state index in [-0.39, 0.29) is 17.4 Å². The number of primary amides is 1. The lowest BCUT2D eigenvalue weighted by molar-refractivity contribution is -0.149. The molecule has 0 unspecified atom stereocenters. The molecular weight excluding hydrogens is 506 g/mol. The predicted molar refractivity (Wildman–Crippen MR) is 146 cm³/mol. The number of nitrogens with two attached hydrogens (primary N) is 1. The van der Waals surface area contributed by atoms with Gasteiger partial charge in [0.15, 0.2) is 0 Å². The second-order valence-corrected chi connectivity index (χ2v) is 10.9. The summed E-state index contributed by atoms with van der Waals surface area (Å²) in [5.74, 6) is -1.72. The normalized spacial score (nSPS) is 19.2. The summed E-state index contributed by atoms with van der Waals surface area (Å²) < 4.78 is 0. The van der Waals surface area contributed by atoms with Crippen LogP contribution in [-0.4, -0.2) is 50.7 Å². The number of hydrogen-bond acceptors (Lipinski definition) is 6. The fourth-order valence-electron chi connectivity index (χ4n) is 4.91. The molecule has 0 spiro atoms. The molecule has 0 aliphatic carbocycles. The molecule has 4 N–H and O–H groups in total. The average molecular weight is 532 g/mol. The van der Waals surface area contributed by atoms with E-state index in [2.05, 4.69) is 5.32 Å². The van der Waals surface area contributed by atoms with E-state index in [1.54, 1.807) is 0 Å². The summed E-state index contributed by atoms with van der Waals surface area (Å²) in [6.45, 7) is 0. The number of nitrogens with one attached hydrogen (secondary N) is 1. The van der Waals surface area contributed by atoms with Crippen molar-refractivity contribution in [2.45, 2.75) is 17.0 Å². The Morgan fingerprint density at radius 2 is 1.43 bits per heavy atom. The van der Waals surface area contributed by atoms with Crippen LogP contribution in [0.15, 0.2) is 102 Å². The highest BCUT2D eigenvalue weighted by Gasteiger charge is 2.56. The molecule has 2 heterocycles. The van der Waals surface area contributed by atoms with Crippen LogP contribution in [0.1, 0.15) is 16.7 Å². The molecule has 7 nitrogen and oxygen atoms in total. The number of aliphatic carboxylic acids is 1. The molecule has 3 aromatic carbocycles. The Hall–Kier alpha value is -3.53. The number of carboxylic acids is 1. The highest BCUT2D eigenvalue weighted by Crippen LogP contribution is 2.46. The van der Waals surface area contributed by atoms with E-state index in [9.17, 15) is 19.5 Å². The minimum atomic E-state index is -1.19. The third-order valence-corrected chi connectivity index (χ3v) is 9.09. The summed E-state index contributed by atoms with van der Waals surface area (Å²) in [5.41, 5.74) is 7.23. The largest absolute Gasteiger partial charge is 0.477 e. The molecule has 2 aliphatic rings. The molecule has 1 fully saturated rings. The fourth-order valence-corrected chi connectivity index (χ4v) is 7.28. The zero-order chi connectivity index (χ0) is 26.0. The van der Waals surface area contributed by atoms with E-state index in [0.29, 0.717) is 10.7 Å².